The van der Waals surface area contributed by atoms with E-state index in [1.807, 2.05) is 0 Å². The maximum atomic E-state index is 2.62. The first-order valence-electron chi connectivity index (χ1n) is 21.2. The van der Waals surface area contributed by atoms with Crippen LogP contribution in [0.3, 0.4) is 0 Å². The van der Waals surface area contributed by atoms with E-state index >= 15 is 0 Å². The fraction of sp³-hybridized carbons (Fsp3) is 0.333. The Balaban J connectivity index is 1.18. The van der Waals surface area contributed by atoms with Gasteiger partial charge in [-0.1, -0.05) is 137 Å². The third-order valence-electron chi connectivity index (χ3n) is 15.3. The monoisotopic (exact) mass is 715 g/mol. The summed E-state index contributed by atoms with van der Waals surface area (Å²) in [6.07, 6.45) is 9.38. The second-order valence-electron chi connectivity index (χ2n) is 19.2. The first kappa shape index (κ1) is 33.5. The molecule has 0 atom stereocenters. The van der Waals surface area contributed by atoms with Gasteiger partial charge in [-0.15, -0.1) is 0 Å². The Labute approximate surface area is 328 Å². The molecular formula is C54H53N. The quantitative estimate of drug-likeness (QED) is 0.172. The Kier molecular flexibility index (Phi) is 7.34. The largest absolute Gasteiger partial charge is 0.310 e. The fourth-order valence-electron chi connectivity index (χ4n) is 12.9. The summed E-state index contributed by atoms with van der Waals surface area (Å²) in [6, 6.07) is 53.7. The minimum atomic E-state index is 0.0469. The molecule has 0 saturated heterocycles. The van der Waals surface area contributed by atoms with Crippen molar-refractivity contribution in [1.82, 2.24) is 0 Å². The lowest BCUT2D eigenvalue weighted by Crippen LogP contribution is -2.55. The van der Waals surface area contributed by atoms with Gasteiger partial charge in [0, 0.05) is 22.4 Å². The second-order valence-corrected chi connectivity index (χ2v) is 19.2. The molecule has 1 spiro atoms. The third kappa shape index (κ3) is 4.90. The molecular weight excluding hydrogens is 663 g/mol. The van der Waals surface area contributed by atoms with Crippen LogP contribution >= 0.6 is 0 Å². The van der Waals surface area contributed by atoms with E-state index in [2.05, 4.69) is 172 Å². The van der Waals surface area contributed by atoms with Gasteiger partial charge < -0.3 is 4.90 Å². The summed E-state index contributed by atoms with van der Waals surface area (Å²) in [5, 5.41) is 0. The lowest BCUT2D eigenvalue weighted by atomic mass is 9.42. The molecule has 0 amide bonds. The summed E-state index contributed by atoms with van der Waals surface area (Å²) in [5.41, 5.74) is 18.6. The maximum absolute atomic E-state index is 2.62. The standard InChI is InChI=1S/C54H53N/c1-52(2)27-28-53(3,4)48-34-43(25-26-46(48)52)55(42-23-21-38(22-24-42)37-13-7-5-8-14-37)49-20-12-19-47-50(49)45-18-11-17-44(39-15-9-6-10-16-39)51(45)54(47)40-30-35-29-36(32-40)33-41(54)31-35/h5-26,34-36,40-41H,27-33H2,1-4H3. The van der Waals surface area contributed by atoms with Gasteiger partial charge in [0.2, 0.25) is 0 Å². The van der Waals surface area contributed by atoms with Crippen molar-refractivity contribution in [1.29, 1.82) is 0 Å². The van der Waals surface area contributed by atoms with Crippen molar-refractivity contribution in [3.63, 3.8) is 0 Å². The summed E-state index contributed by atoms with van der Waals surface area (Å²) >= 11 is 0. The van der Waals surface area contributed by atoms with Crippen LogP contribution in [-0.2, 0) is 16.2 Å². The molecule has 4 fully saturated rings. The Morgan fingerprint density at radius 2 is 1.02 bits per heavy atom. The molecule has 1 heteroatoms. The van der Waals surface area contributed by atoms with Crippen molar-refractivity contribution in [3.05, 3.63) is 162 Å². The molecule has 0 radical (unpaired) electrons. The van der Waals surface area contributed by atoms with E-state index in [1.54, 1.807) is 11.1 Å². The zero-order chi connectivity index (χ0) is 37.1. The van der Waals surface area contributed by atoms with E-state index in [1.165, 1.54) is 107 Å². The molecule has 0 unspecified atom stereocenters. The predicted molar refractivity (Wildman–Crippen MR) is 231 cm³/mol. The lowest BCUT2D eigenvalue weighted by molar-refractivity contribution is -0.0397. The molecule has 6 aromatic rings. The Morgan fingerprint density at radius 3 is 1.69 bits per heavy atom. The van der Waals surface area contributed by atoms with Crippen LogP contribution in [0.1, 0.15) is 94.9 Å². The van der Waals surface area contributed by atoms with Crippen LogP contribution in [0.25, 0.3) is 33.4 Å². The highest BCUT2D eigenvalue weighted by Crippen LogP contribution is 2.71. The molecule has 1 nitrogen and oxygen atoms in total. The molecule has 12 rings (SSSR count). The highest BCUT2D eigenvalue weighted by molar-refractivity contribution is 5.98. The molecule has 0 heterocycles. The SMILES string of the molecule is CC1(C)CCC(C)(C)c2cc(N(c3ccc(-c4ccccc4)cc3)c3cccc4c3-c3cccc(-c5ccccc5)c3C43C4CC5CC(C4)CC3C5)ccc21. The van der Waals surface area contributed by atoms with Gasteiger partial charge >= 0.3 is 0 Å². The third-order valence-corrected chi connectivity index (χ3v) is 15.3. The average Bonchev–Trinajstić information content (AvgIpc) is 3.51. The number of hydrogen-bond acceptors (Lipinski definition) is 1. The molecule has 0 N–H and O–H groups in total. The Bertz CT molecular complexity index is 2400. The predicted octanol–water partition coefficient (Wildman–Crippen LogP) is 14.6. The van der Waals surface area contributed by atoms with Crippen LogP contribution in [0, 0.1) is 23.7 Å². The van der Waals surface area contributed by atoms with E-state index in [9.17, 15) is 0 Å². The fourth-order valence-corrected chi connectivity index (χ4v) is 12.9. The van der Waals surface area contributed by atoms with E-state index in [0.29, 0.717) is 11.8 Å². The van der Waals surface area contributed by atoms with Crippen LogP contribution < -0.4 is 4.90 Å². The van der Waals surface area contributed by atoms with E-state index in [0.717, 1.165) is 11.8 Å². The van der Waals surface area contributed by atoms with Crippen molar-refractivity contribution >= 4 is 17.1 Å². The number of hydrogen-bond donors (Lipinski definition) is 0. The topological polar surface area (TPSA) is 3.24 Å². The second kappa shape index (κ2) is 12.1. The first-order chi connectivity index (χ1) is 26.7. The van der Waals surface area contributed by atoms with Gasteiger partial charge in [-0.2, -0.15) is 0 Å². The van der Waals surface area contributed by atoms with Gasteiger partial charge in [0.05, 0.1) is 5.69 Å². The highest BCUT2D eigenvalue weighted by atomic mass is 15.1. The normalized spacial score (nSPS) is 26.0. The van der Waals surface area contributed by atoms with Crippen molar-refractivity contribution in [2.75, 3.05) is 4.90 Å². The molecule has 4 saturated carbocycles. The summed E-state index contributed by atoms with van der Waals surface area (Å²) < 4.78 is 0. The van der Waals surface area contributed by atoms with Gasteiger partial charge in [-0.25, -0.2) is 0 Å². The summed E-state index contributed by atoms with van der Waals surface area (Å²) in [6.45, 7) is 9.80. The highest BCUT2D eigenvalue weighted by Gasteiger charge is 2.62. The minimum absolute atomic E-state index is 0.0469. The van der Waals surface area contributed by atoms with E-state index in [4.69, 9.17) is 0 Å². The van der Waals surface area contributed by atoms with Gasteiger partial charge in [0.25, 0.3) is 0 Å². The minimum Gasteiger partial charge on any atom is -0.310 e. The molecule has 6 aliphatic rings. The van der Waals surface area contributed by atoms with Crippen LogP contribution in [0.15, 0.2) is 140 Å². The van der Waals surface area contributed by atoms with Gasteiger partial charge in [-0.3, -0.25) is 0 Å². The number of fused-ring (bicyclic) bond motifs is 4. The molecule has 6 aliphatic carbocycles. The average molecular weight is 716 g/mol. The summed E-state index contributed by atoms with van der Waals surface area (Å²) in [7, 11) is 0. The molecule has 6 aromatic carbocycles. The van der Waals surface area contributed by atoms with Gasteiger partial charge in [0.15, 0.2) is 0 Å². The maximum Gasteiger partial charge on any atom is 0.0543 e. The van der Waals surface area contributed by atoms with Crippen LogP contribution in [-0.4, -0.2) is 0 Å². The molecule has 274 valence electrons. The molecule has 55 heavy (non-hydrogen) atoms. The molecule has 0 aliphatic heterocycles. The van der Waals surface area contributed by atoms with Crippen LogP contribution in [0.2, 0.25) is 0 Å². The van der Waals surface area contributed by atoms with Gasteiger partial charge in [-0.05, 0) is 160 Å². The molecule has 4 bridgehead atoms. The number of nitrogens with zero attached hydrogens (tertiary/aromatic N) is 1. The van der Waals surface area contributed by atoms with Crippen molar-refractivity contribution in [2.24, 2.45) is 23.7 Å². The van der Waals surface area contributed by atoms with Crippen LogP contribution in [0.4, 0.5) is 17.1 Å². The lowest BCUT2D eigenvalue weighted by Gasteiger charge is -2.61. The van der Waals surface area contributed by atoms with Crippen molar-refractivity contribution < 1.29 is 0 Å². The van der Waals surface area contributed by atoms with Crippen molar-refractivity contribution in [3.8, 4) is 33.4 Å². The van der Waals surface area contributed by atoms with E-state index in [-0.39, 0.29) is 16.2 Å². The molecule has 0 aromatic heterocycles. The number of anilines is 3. The Morgan fingerprint density at radius 1 is 0.455 bits per heavy atom. The van der Waals surface area contributed by atoms with E-state index < -0.39 is 0 Å². The van der Waals surface area contributed by atoms with Gasteiger partial charge in [0.1, 0.15) is 0 Å². The van der Waals surface area contributed by atoms with Crippen molar-refractivity contribution in [2.45, 2.75) is 88.9 Å². The smallest absolute Gasteiger partial charge is 0.0543 e. The number of rotatable bonds is 5. The Hall–Kier alpha value is -4.88. The first-order valence-corrected chi connectivity index (χ1v) is 21.2. The zero-order valence-corrected chi connectivity index (χ0v) is 33.0. The summed E-state index contributed by atoms with van der Waals surface area (Å²) in [4.78, 5) is 2.62. The zero-order valence-electron chi connectivity index (χ0n) is 33.0. The summed E-state index contributed by atoms with van der Waals surface area (Å²) in [5.74, 6) is 3.18. The van der Waals surface area contributed by atoms with Crippen LogP contribution in [0.5, 0.6) is 0 Å². The number of benzene rings is 6.